The number of hydrogen-bond acceptors (Lipinski definition) is 3. The number of nitrogens with zero attached hydrogens (tertiary/aromatic N) is 2. The summed E-state index contributed by atoms with van der Waals surface area (Å²) in [5.74, 6) is -0.671. The van der Waals surface area contributed by atoms with Gasteiger partial charge >= 0.3 is 12.1 Å². The molecule has 0 aliphatic carbocycles. The molecule has 0 aliphatic heterocycles. The van der Waals surface area contributed by atoms with E-state index in [0.717, 1.165) is 12.1 Å². The Morgan fingerprint density at radius 2 is 2.05 bits per heavy atom. The van der Waals surface area contributed by atoms with Gasteiger partial charge in [-0.25, -0.2) is 9.48 Å². The van der Waals surface area contributed by atoms with Crippen LogP contribution in [-0.2, 0) is 10.9 Å². The Morgan fingerprint density at radius 3 is 2.62 bits per heavy atom. The number of hydrogen-bond donors (Lipinski definition) is 0. The van der Waals surface area contributed by atoms with Gasteiger partial charge in [0.2, 0.25) is 0 Å². The highest BCUT2D eigenvalue weighted by Gasteiger charge is 2.31. The highest BCUT2D eigenvalue weighted by Crippen LogP contribution is 2.31. The van der Waals surface area contributed by atoms with Gasteiger partial charge in [0.15, 0.2) is 5.69 Å². The van der Waals surface area contributed by atoms with Crippen molar-refractivity contribution in [3.63, 3.8) is 0 Å². The third kappa shape index (κ3) is 2.94. The van der Waals surface area contributed by atoms with Crippen molar-refractivity contribution in [1.82, 2.24) is 9.78 Å². The van der Waals surface area contributed by atoms with Crippen molar-refractivity contribution in [1.29, 1.82) is 0 Å². The first kappa shape index (κ1) is 15.6. The van der Waals surface area contributed by atoms with Crippen molar-refractivity contribution >= 4 is 21.9 Å². The molecule has 0 fully saturated rings. The average molecular weight is 363 g/mol. The second-order valence-corrected chi connectivity index (χ2v) is 4.99. The predicted molar refractivity (Wildman–Crippen MR) is 72.3 cm³/mol. The molecule has 0 bridgehead atoms. The summed E-state index contributed by atoms with van der Waals surface area (Å²) in [4.78, 5) is 11.5. The molecular formula is C13H10BrF3N2O2. The average Bonchev–Trinajstić information content (AvgIpc) is 2.74. The molecule has 0 atom stereocenters. The minimum Gasteiger partial charge on any atom is -0.464 e. The lowest BCUT2D eigenvalue weighted by molar-refractivity contribution is -0.137. The van der Waals surface area contributed by atoms with Gasteiger partial charge in [0.1, 0.15) is 0 Å². The molecule has 0 N–H and O–H groups in total. The van der Waals surface area contributed by atoms with Gasteiger partial charge in [-0.05, 0) is 41.1 Å². The Bertz CT molecular complexity index is 695. The van der Waals surface area contributed by atoms with Crippen LogP contribution in [-0.4, -0.2) is 22.9 Å². The van der Waals surface area contributed by atoms with E-state index in [1.165, 1.54) is 23.9 Å². The molecule has 112 valence electrons. The Morgan fingerprint density at radius 1 is 1.38 bits per heavy atom. The maximum atomic E-state index is 12.7. The SMILES string of the molecule is COC(=O)c1nn(-c2cccc(C(F)(F)F)c2)c(C)c1Br. The molecule has 0 aliphatic rings. The van der Waals surface area contributed by atoms with E-state index in [0.29, 0.717) is 10.2 Å². The summed E-state index contributed by atoms with van der Waals surface area (Å²) in [7, 11) is 1.20. The molecule has 1 aromatic heterocycles. The molecule has 0 spiro atoms. The first-order valence-corrected chi connectivity index (χ1v) is 6.56. The number of carbonyl (C=O) groups excluding carboxylic acids is 1. The fourth-order valence-electron chi connectivity index (χ4n) is 1.78. The van der Waals surface area contributed by atoms with Crippen molar-refractivity contribution in [3.8, 4) is 5.69 Å². The number of ether oxygens (including phenoxy) is 1. The molecule has 0 amide bonds. The molecule has 0 radical (unpaired) electrons. The van der Waals surface area contributed by atoms with Gasteiger partial charge in [-0.15, -0.1) is 0 Å². The van der Waals surface area contributed by atoms with E-state index < -0.39 is 17.7 Å². The highest BCUT2D eigenvalue weighted by atomic mass is 79.9. The molecule has 1 aromatic carbocycles. The van der Waals surface area contributed by atoms with Crippen LogP contribution in [0.2, 0.25) is 0 Å². The third-order valence-electron chi connectivity index (χ3n) is 2.84. The number of carbonyl (C=O) groups is 1. The molecule has 8 heteroatoms. The quantitative estimate of drug-likeness (QED) is 0.764. The second kappa shape index (κ2) is 5.51. The number of esters is 1. The van der Waals surface area contributed by atoms with Gasteiger partial charge < -0.3 is 4.74 Å². The molecule has 2 aromatic rings. The van der Waals surface area contributed by atoms with E-state index in [-0.39, 0.29) is 11.4 Å². The largest absolute Gasteiger partial charge is 0.464 e. The van der Waals surface area contributed by atoms with Crippen LogP contribution in [0.4, 0.5) is 13.2 Å². The fraction of sp³-hybridized carbons (Fsp3) is 0.231. The van der Waals surface area contributed by atoms with Gasteiger partial charge in [0.25, 0.3) is 0 Å². The van der Waals surface area contributed by atoms with Crippen LogP contribution in [0, 0.1) is 6.92 Å². The zero-order chi connectivity index (χ0) is 15.8. The van der Waals surface area contributed by atoms with Gasteiger partial charge in [0.05, 0.1) is 28.5 Å². The summed E-state index contributed by atoms with van der Waals surface area (Å²) in [6, 6.07) is 4.69. The predicted octanol–water partition coefficient (Wildman–Crippen LogP) is 3.75. The van der Waals surface area contributed by atoms with Gasteiger partial charge in [-0.3, -0.25) is 0 Å². The fourth-order valence-corrected chi connectivity index (χ4v) is 2.18. The van der Waals surface area contributed by atoms with Crippen LogP contribution in [0.1, 0.15) is 21.7 Å². The molecule has 2 rings (SSSR count). The maximum Gasteiger partial charge on any atom is 0.416 e. The maximum absolute atomic E-state index is 12.7. The van der Waals surface area contributed by atoms with E-state index in [2.05, 4.69) is 25.8 Å². The highest BCUT2D eigenvalue weighted by molar-refractivity contribution is 9.10. The summed E-state index contributed by atoms with van der Waals surface area (Å²) < 4.78 is 44.4. The first-order valence-electron chi connectivity index (χ1n) is 5.76. The van der Waals surface area contributed by atoms with Crippen LogP contribution in [0.15, 0.2) is 28.7 Å². The Labute approximate surface area is 126 Å². The number of halogens is 4. The standard InChI is InChI=1S/C13H10BrF3N2O2/c1-7-10(14)11(12(20)21-2)18-19(7)9-5-3-4-8(6-9)13(15,16)17/h3-6H,1-2H3. The van der Waals surface area contributed by atoms with Crippen molar-refractivity contribution in [2.24, 2.45) is 0 Å². The Hall–Kier alpha value is -1.83. The summed E-state index contributed by atoms with van der Waals surface area (Å²) in [5.41, 5.74) is -0.0778. The lowest BCUT2D eigenvalue weighted by Gasteiger charge is -2.09. The van der Waals surface area contributed by atoms with Gasteiger partial charge in [-0.2, -0.15) is 18.3 Å². The molecule has 4 nitrogen and oxygen atoms in total. The van der Waals surface area contributed by atoms with Crippen LogP contribution >= 0.6 is 15.9 Å². The molecule has 0 unspecified atom stereocenters. The summed E-state index contributed by atoms with van der Waals surface area (Å²) in [6.07, 6.45) is -4.44. The van der Waals surface area contributed by atoms with Crippen molar-refractivity contribution in [3.05, 3.63) is 45.7 Å². The topological polar surface area (TPSA) is 44.1 Å². The zero-order valence-corrected chi connectivity index (χ0v) is 12.6. The van der Waals surface area contributed by atoms with E-state index in [1.807, 2.05) is 0 Å². The lowest BCUT2D eigenvalue weighted by Crippen LogP contribution is -2.08. The number of alkyl halides is 3. The Balaban J connectivity index is 2.55. The second-order valence-electron chi connectivity index (χ2n) is 4.20. The number of methoxy groups -OCH3 is 1. The molecule has 0 saturated carbocycles. The van der Waals surface area contributed by atoms with Gasteiger partial charge in [-0.1, -0.05) is 6.07 Å². The normalized spacial score (nSPS) is 11.5. The third-order valence-corrected chi connectivity index (χ3v) is 3.79. The van der Waals surface area contributed by atoms with E-state index in [9.17, 15) is 18.0 Å². The first-order chi connectivity index (χ1) is 9.75. The van der Waals surface area contributed by atoms with Crippen LogP contribution in [0.25, 0.3) is 5.69 Å². The molecule has 1 heterocycles. The zero-order valence-electron chi connectivity index (χ0n) is 11.0. The molecule has 21 heavy (non-hydrogen) atoms. The summed E-state index contributed by atoms with van der Waals surface area (Å²) in [6.45, 7) is 1.63. The summed E-state index contributed by atoms with van der Waals surface area (Å²) in [5, 5.41) is 4.00. The van der Waals surface area contributed by atoms with Crippen LogP contribution in [0.5, 0.6) is 0 Å². The molecule has 0 saturated heterocycles. The van der Waals surface area contributed by atoms with E-state index >= 15 is 0 Å². The number of benzene rings is 1. The van der Waals surface area contributed by atoms with Crippen LogP contribution < -0.4 is 0 Å². The minimum atomic E-state index is -4.44. The van der Waals surface area contributed by atoms with Crippen molar-refractivity contribution in [2.75, 3.05) is 7.11 Å². The summed E-state index contributed by atoms with van der Waals surface area (Å²) >= 11 is 3.19. The van der Waals surface area contributed by atoms with Crippen LogP contribution in [0.3, 0.4) is 0 Å². The van der Waals surface area contributed by atoms with Crippen molar-refractivity contribution < 1.29 is 22.7 Å². The number of rotatable bonds is 2. The Kier molecular flexibility index (Phi) is 4.08. The van der Waals surface area contributed by atoms with E-state index in [1.54, 1.807) is 6.92 Å². The minimum absolute atomic E-state index is 0.00686. The van der Waals surface area contributed by atoms with Gasteiger partial charge in [0, 0.05) is 0 Å². The molecular weight excluding hydrogens is 353 g/mol. The smallest absolute Gasteiger partial charge is 0.416 e. The van der Waals surface area contributed by atoms with E-state index in [4.69, 9.17) is 0 Å². The number of aromatic nitrogens is 2. The monoisotopic (exact) mass is 362 g/mol. The lowest BCUT2D eigenvalue weighted by atomic mass is 10.2. The van der Waals surface area contributed by atoms with Crippen molar-refractivity contribution in [2.45, 2.75) is 13.1 Å².